The van der Waals surface area contributed by atoms with Crippen molar-refractivity contribution in [1.29, 1.82) is 0 Å². The molecular weight excluding hydrogens is 326 g/mol. The van der Waals surface area contributed by atoms with Crippen molar-refractivity contribution in [3.05, 3.63) is 76.8 Å². The number of rotatable bonds is 4. The molecule has 3 nitrogen and oxygen atoms in total. The van der Waals surface area contributed by atoms with Crippen LogP contribution >= 0.6 is 11.8 Å². The Kier molecular flexibility index (Phi) is 4.72. The number of nitrogens with one attached hydrogen (secondary N) is 1. The first kappa shape index (κ1) is 16.2. The van der Waals surface area contributed by atoms with Crippen LogP contribution in [0.2, 0.25) is 0 Å². The van der Waals surface area contributed by atoms with Gasteiger partial charge in [-0.2, -0.15) is 0 Å². The number of anilines is 1. The van der Waals surface area contributed by atoms with Crippen LogP contribution in [0, 0.1) is 0 Å². The number of pyridine rings is 1. The number of benzene rings is 2. The summed E-state index contributed by atoms with van der Waals surface area (Å²) in [6.07, 6.45) is 4.20. The number of hydrogen-bond acceptors (Lipinski definition) is 4. The molecule has 1 fully saturated rings. The number of thioether (sulfide) groups is 1. The van der Waals surface area contributed by atoms with Gasteiger partial charge in [0, 0.05) is 48.2 Å². The lowest BCUT2D eigenvalue weighted by molar-refractivity contribution is 0.916. The molecule has 0 bridgehead atoms. The molecule has 1 saturated heterocycles. The van der Waals surface area contributed by atoms with E-state index in [1.807, 2.05) is 24.0 Å². The molecule has 2 heterocycles. The molecule has 0 atom stereocenters. The van der Waals surface area contributed by atoms with Gasteiger partial charge in [0.25, 0.3) is 0 Å². The maximum absolute atomic E-state index is 4.67. The molecule has 0 radical (unpaired) electrons. The quantitative estimate of drug-likeness (QED) is 0.752. The Balaban J connectivity index is 1.55. The summed E-state index contributed by atoms with van der Waals surface area (Å²) in [6, 6.07) is 19.2. The van der Waals surface area contributed by atoms with Gasteiger partial charge in [-0.05, 0) is 41.5 Å². The molecule has 0 unspecified atom stereocenters. The number of nitrogens with zero attached hydrogens (tertiary/aromatic N) is 2. The van der Waals surface area contributed by atoms with Crippen LogP contribution in [0.25, 0.3) is 17.0 Å². The minimum atomic E-state index is 0.871. The van der Waals surface area contributed by atoms with Crippen molar-refractivity contribution >= 4 is 34.4 Å². The summed E-state index contributed by atoms with van der Waals surface area (Å²) in [5, 5.41) is 4.53. The van der Waals surface area contributed by atoms with Crippen LogP contribution in [-0.2, 0) is 6.54 Å². The Morgan fingerprint density at radius 1 is 1.16 bits per heavy atom. The van der Waals surface area contributed by atoms with E-state index in [4.69, 9.17) is 0 Å². The molecule has 0 spiro atoms. The van der Waals surface area contributed by atoms with E-state index in [9.17, 15) is 0 Å². The maximum Gasteiger partial charge on any atom is 0.0705 e. The lowest BCUT2D eigenvalue weighted by Gasteiger charge is -2.19. The minimum Gasteiger partial charge on any atom is -0.370 e. The minimum absolute atomic E-state index is 0.871. The van der Waals surface area contributed by atoms with Gasteiger partial charge in [0.2, 0.25) is 0 Å². The second-order valence-corrected chi connectivity index (χ2v) is 7.42. The highest BCUT2D eigenvalue weighted by Gasteiger charge is 2.07. The highest BCUT2D eigenvalue weighted by atomic mass is 32.2. The fourth-order valence-electron chi connectivity index (χ4n) is 3.06. The molecule has 25 heavy (non-hydrogen) atoms. The maximum atomic E-state index is 4.67. The third-order valence-corrected chi connectivity index (χ3v) is 5.35. The highest BCUT2D eigenvalue weighted by Crippen LogP contribution is 2.24. The Morgan fingerprint density at radius 2 is 2.04 bits per heavy atom. The van der Waals surface area contributed by atoms with Gasteiger partial charge < -0.3 is 10.2 Å². The standard InChI is InChI=1S/C21H21N3S/c1-24(19-5-3-2-4-6-19)14-16-7-8-18-9-17(12-23-21(18)11-16)10-20-13-22-15-25-20/h2-12,22H,13-15H2,1H3. The molecule has 1 aromatic heterocycles. The number of aromatic nitrogens is 1. The van der Waals surface area contributed by atoms with E-state index >= 15 is 0 Å². The molecule has 1 aliphatic heterocycles. The van der Waals surface area contributed by atoms with Crippen molar-refractivity contribution in [1.82, 2.24) is 10.3 Å². The van der Waals surface area contributed by atoms with Crippen LogP contribution in [0.15, 0.2) is 65.7 Å². The van der Waals surface area contributed by atoms with Crippen molar-refractivity contribution < 1.29 is 0 Å². The molecule has 0 amide bonds. The van der Waals surface area contributed by atoms with Gasteiger partial charge in [0.15, 0.2) is 0 Å². The molecule has 1 aliphatic rings. The summed E-state index contributed by atoms with van der Waals surface area (Å²) < 4.78 is 0. The Bertz CT molecular complexity index is 897. The van der Waals surface area contributed by atoms with E-state index < -0.39 is 0 Å². The van der Waals surface area contributed by atoms with Gasteiger partial charge in [-0.15, -0.1) is 11.8 Å². The summed E-state index contributed by atoms with van der Waals surface area (Å²) in [5.74, 6) is 1.01. The zero-order valence-electron chi connectivity index (χ0n) is 14.3. The Morgan fingerprint density at radius 3 is 2.84 bits per heavy atom. The molecule has 4 rings (SSSR count). The predicted molar refractivity (Wildman–Crippen MR) is 109 cm³/mol. The summed E-state index contributed by atoms with van der Waals surface area (Å²) >= 11 is 1.87. The molecule has 126 valence electrons. The molecule has 3 aromatic rings. The second kappa shape index (κ2) is 7.30. The number of para-hydroxylation sites is 1. The average molecular weight is 347 g/mol. The smallest absolute Gasteiger partial charge is 0.0705 e. The van der Waals surface area contributed by atoms with Gasteiger partial charge in [0.1, 0.15) is 0 Å². The van der Waals surface area contributed by atoms with Crippen LogP contribution < -0.4 is 10.2 Å². The van der Waals surface area contributed by atoms with Crippen molar-refractivity contribution in [3.8, 4) is 0 Å². The molecular formula is C21H21N3S. The highest BCUT2D eigenvalue weighted by molar-refractivity contribution is 8.03. The fourth-order valence-corrected chi connectivity index (χ4v) is 3.87. The van der Waals surface area contributed by atoms with E-state index in [2.05, 4.69) is 76.9 Å². The average Bonchev–Trinajstić information content (AvgIpc) is 3.15. The van der Waals surface area contributed by atoms with Crippen molar-refractivity contribution in [2.75, 3.05) is 24.4 Å². The summed E-state index contributed by atoms with van der Waals surface area (Å²) in [6.45, 7) is 1.84. The zero-order valence-corrected chi connectivity index (χ0v) is 15.1. The van der Waals surface area contributed by atoms with E-state index in [0.717, 1.165) is 24.5 Å². The molecule has 2 aromatic carbocycles. The molecule has 0 saturated carbocycles. The van der Waals surface area contributed by atoms with E-state index in [1.54, 1.807) is 0 Å². The van der Waals surface area contributed by atoms with Crippen LogP contribution in [-0.4, -0.2) is 24.5 Å². The first-order valence-electron chi connectivity index (χ1n) is 8.47. The normalized spacial score (nSPS) is 15.8. The SMILES string of the molecule is CN(Cc1ccc2cc(C=C3CNCS3)cnc2c1)c1ccccc1. The first-order valence-corrected chi connectivity index (χ1v) is 9.45. The fraction of sp³-hybridized carbons (Fsp3) is 0.190. The lowest BCUT2D eigenvalue weighted by atomic mass is 10.1. The van der Waals surface area contributed by atoms with Crippen molar-refractivity contribution in [2.24, 2.45) is 0 Å². The zero-order chi connectivity index (χ0) is 17.1. The monoisotopic (exact) mass is 347 g/mol. The predicted octanol–water partition coefficient (Wildman–Crippen LogP) is 4.51. The van der Waals surface area contributed by atoms with E-state index in [-0.39, 0.29) is 0 Å². The topological polar surface area (TPSA) is 28.2 Å². The lowest BCUT2D eigenvalue weighted by Crippen LogP contribution is -2.16. The van der Waals surface area contributed by atoms with Crippen molar-refractivity contribution in [2.45, 2.75) is 6.54 Å². The van der Waals surface area contributed by atoms with Gasteiger partial charge in [-0.1, -0.05) is 30.3 Å². The van der Waals surface area contributed by atoms with E-state index in [0.29, 0.717) is 0 Å². The van der Waals surface area contributed by atoms with Gasteiger partial charge in [-0.3, -0.25) is 4.98 Å². The third-order valence-electron chi connectivity index (χ3n) is 4.37. The summed E-state index contributed by atoms with van der Waals surface area (Å²) in [4.78, 5) is 8.30. The van der Waals surface area contributed by atoms with Crippen molar-refractivity contribution in [3.63, 3.8) is 0 Å². The van der Waals surface area contributed by atoms with Gasteiger partial charge in [-0.25, -0.2) is 0 Å². The van der Waals surface area contributed by atoms with Crippen LogP contribution in [0.4, 0.5) is 5.69 Å². The molecule has 1 N–H and O–H groups in total. The summed E-state index contributed by atoms with van der Waals surface area (Å²) in [7, 11) is 2.12. The Hall–Kier alpha value is -2.30. The summed E-state index contributed by atoms with van der Waals surface area (Å²) in [5.41, 5.74) is 4.72. The number of fused-ring (bicyclic) bond motifs is 1. The van der Waals surface area contributed by atoms with Crippen LogP contribution in [0.5, 0.6) is 0 Å². The number of hydrogen-bond donors (Lipinski definition) is 1. The first-order chi connectivity index (χ1) is 12.3. The van der Waals surface area contributed by atoms with Crippen LogP contribution in [0.1, 0.15) is 11.1 Å². The van der Waals surface area contributed by atoms with Gasteiger partial charge >= 0.3 is 0 Å². The van der Waals surface area contributed by atoms with Gasteiger partial charge in [0.05, 0.1) is 5.52 Å². The molecule has 4 heteroatoms. The molecule has 0 aliphatic carbocycles. The van der Waals surface area contributed by atoms with E-state index in [1.165, 1.54) is 27.1 Å². The van der Waals surface area contributed by atoms with Crippen LogP contribution in [0.3, 0.4) is 0 Å². The Labute approximate surface area is 152 Å². The largest absolute Gasteiger partial charge is 0.370 e. The third kappa shape index (κ3) is 3.86. The second-order valence-electron chi connectivity index (χ2n) is 6.31.